The predicted octanol–water partition coefficient (Wildman–Crippen LogP) is 3.91. The van der Waals surface area contributed by atoms with E-state index in [1.807, 2.05) is 57.4 Å². The fourth-order valence-corrected chi connectivity index (χ4v) is 2.93. The summed E-state index contributed by atoms with van der Waals surface area (Å²) >= 11 is 6.26. The summed E-state index contributed by atoms with van der Waals surface area (Å²) in [6, 6.07) is 16.0. The van der Waals surface area contributed by atoms with E-state index in [4.69, 9.17) is 16.6 Å². The Morgan fingerprint density at radius 3 is 2.58 bits per heavy atom. The van der Waals surface area contributed by atoms with Gasteiger partial charge in [0.05, 0.1) is 5.71 Å². The molecule has 0 radical (unpaired) electrons. The molecule has 0 bridgehead atoms. The number of amidine groups is 1. The highest BCUT2D eigenvalue weighted by atomic mass is 35.5. The molecule has 0 aromatic heterocycles. The fourth-order valence-electron chi connectivity index (χ4n) is 2.75. The van der Waals surface area contributed by atoms with E-state index in [1.165, 1.54) is 0 Å². The van der Waals surface area contributed by atoms with Gasteiger partial charge in [0, 0.05) is 28.4 Å². The van der Waals surface area contributed by atoms with Crippen LogP contribution in [0.5, 0.6) is 0 Å². The van der Waals surface area contributed by atoms with Crippen LogP contribution in [0.15, 0.2) is 58.5 Å². The number of aliphatic imine (C=N–C) groups is 2. The van der Waals surface area contributed by atoms with Crippen molar-refractivity contribution in [1.82, 2.24) is 4.90 Å². The van der Waals surface area contributed by atoms with Crippen molar-refractivity contribution in [2.45, 2.75) is 13.1 Å². The van der Waals surface area contributed by atoms with Crippen LogP contribution in [0.4, 0.5) is 5.69 Å². The maximum Gasteiger partial charge on any atom is 0.160 e. The molecule has 4 nitrogen and oxygen atoms in total. The highest BCUT2D eigenvalue weighted by Crippen LogP contribution is 2.27. The number of likely N-dealkylation sites (N-methyl/N-ethyl adjacent to an activating group) is 1. The maximum atomic E-state index is 6.26. The number of benzene rings is 2. The summed E-state index contributed by atoms with van der Waals surface area (Å²) in [5.74, 6) is 0.844. The van der Waals surface area contributed by atoms with Crippen molar-refractivity contribution in [3.8, 4) is 0 Å². The van der Waals surface area contributed by atoms with Crippen LogP contribution in [0, 0.1) is 0 Å². The lowest BCUT2D eigenvalue weighted by Gasteiger charge is -2.22. The van der Waals surface area contributed by atoms with E-state index in [0.717, 1.165) is 28.4 Å². The number of nitrogens with zero attached hydrogens (tertiary/aromatic N) is 3. The monoisotopic (exact) mass is 340 g/mol. The van der Waals surface area contributed by atoms with E-state index in [9.17, 15) is 0 Å². The SMILES string of the molecule is CCN=C1Nc2ccc(Cl)cc2C(c2ccccc2)=NC1N(C)C. The first-order chi connectivity index (χ1) is 11.6. The zero-order valence-electron chi connectivity index (χ0n) is 14.1. The van der Waals surface area contributed by atoms with Crippen LogP contribution in [-0.4, -0.2) is 43.3 Å². The molecular formula is C19H21ClN4. The molecule has 1 unspecified atom stereocenters. The third kappa shape index (κ3) is 3.35. The number of fused-ring (bicyclic) bond motifs is 1. The zero-order valence-corrected chi connectivity index (χ0v) is 14.9. The van der Waals surface area contributed by atoms with E-state index in [1.54, 1.807) is 0 Å². The second-order valence-electron chi connectivity index (χ2n) is 5.86. The molecule has 5 heteroatoms. The minimum Gasteiger partial charge on any atom is -0.341 e. The van der Waals surface area contributed by atoms with E-state index < -0.39 is 0 Å². The molecule has 1 aliphatic rings. The molecular weight excluding hydrogens is 320 g/mol. The molecule has 2 aromatic rings. The number of nitrogens with one attached hydrogen (secondary N) is 1. The number of hydrogen-bond donors (Lipinski definition) is 1. The van der Waals surface area contributed by atoms with Gasteiger partial charge in [0.15, 0.2) is 6.17 Å². The van der Waals surface area contributed by atoms with Crippen LogP contribution in [0.3, 0.4) is 0 Å². The van der Waals surface area contributed by atoms with Gasteiger partial charge in [-0.15, -0.1) is 0 Å². The Bertz CT molecular complexity index is 781. The van der Waals surface area contributed by atoms with Gasteiger partial charge in [0.2, 0.25) is 0 Å². The molecule has 0 amide bonds. The topological polar surface area (TPSA) is 40.0 Å². The first-order valence-electron chi connectivity index (χ1n) is 8.01. The normalized spacial score (nSPS) is 18.8. The minimum absolute atomic E-state index is 0.175. The first kappa shape index (κ1) is 16.7. The van der Waals surface area contributed by atoms with E-state index in [0.29, 0.717) is 11.6 Å². The number of halogens is 1. The van der Waals surface area contributed by atoms with Crippen molar-refractivity contribution >= 4 is 28.8 Å². The molecule has 1 atom stereocenters. The van der Waals surface area contributed by atoms with Gasteiger partial charge in [-0.25, -0.2) is 0 Å². The molecule has 0 saturated carbocycles. The molecule has 0 fully saturated rings. The van der Waals surface area contributed by atoms with Gasteiger partial charge in [-0.2, -0.15) is 0 Å². The van der Waals surface area contributed by atoms with E-state index >= 15 is 0 Å². The van der Waals surface area contributed by atoms with Crippen LogP contribution in [0.2, 0.25) is 5.02 Å². The van der Waals surface area contributed by atoms with Crippen molar-refractivity contribution < 1.29 is 0 Å². The Hall–Kier alpha value is -2.17. The second-order valence-corrected chi connectivity index (χ2v) is 6.29. The van der Waals surface area contributed by atoms with Gasteiger partial charge >= 0.3 is 0 Å². The summed E-state index contributed by atoms with van der Waals surface area (Å²) in [6.07, 6.45) is -0.175. The summed E-state index contributed by atoms with van der Waals surface area (Å²) in [5.41, 5.74) is 3.94. The Labute approximate surface area is 147 Å². The Kier molecular flexibility index (Phi) is 4.97. The lowest BCUT2D eigenvalue weighted by atomic mass is 10.0. The summed E-state index contributed by atoms with van der Waals surface area (Å²) in [5, 5.41) is 4.15. The van der Waals surface area contributed by atoms with E-state index in [2.05, 4.69) is 27.3 Å². The highest BCUT2D eigenvalue weighted by Gasteiger charge is 2.25. The van der Waals surface area contributed by atoms with E-state index in [-0.39, 0.29) is 6.17 Å². The molecule has 3 rings (SSSR count). The highest BCUT2D eigenvalue weighted by molar-refractivity contribution is 6.32. The molecule has 1 N–H and O–H groups in total. The molecule has 24 heavy (non-hydrogen) atoms. The first-order valence-corrected chi connectivity index (χ1v) is 8.39. The summed E-state index contributed by atoms with van der Waals surface area (Å²) in [7, 11) is 4.01. The zero-order chi connectivity index (χ0) is 17.1. The Balaban J connectivity index is 2.24. The predicted molar refractivity (Wildman–Crippen MR) is 103 cm³/mol. The lowest BCUT2D eigenvalue weighted by molar-refractivity contribution is 0.371. The molecule has 124 valence electrons. The van der Waals surface area contributed by atoms with Crippen LogP contribution in [-0.2, 0) is 0 Å². The molecule has 0 aliphatic carbocycles. The van der Waals surface area contributed by atoms with Crippen LogP contribution in [0.1, 0.15) is 18.1 Å². The van der Waals surface area contributed by atoms with Crippen molar-refractivity contribution in [1.29, 1.82) is 0 Å². The van der Waals surface area contributed by atoms with Gasteiger partial charge in [-0.3, -0.25) is 14.9 Å². The lowest BCUT2D eigenvalue weighted by Crippen LogP contribution is -2.38. The summed E-state index contributed by atoms with van der Waals surface area (Å²) in [4.78, 5) is 11.7. The molecule has 0 saturated heterocycles. The average molecular weight is 341 g/mol. The smallest absolute Gasteiger partial charge is 0.160 e. The number of rotatable bonds is 3. The quantitative estimate of drug-likeness (QED) is 0.920. The number of anilines is 1. The Morgan fingerprint density at radius 1 is 1.17 bits per heavy atom. The minimum atomic E-state index is -0.175. The third-order valence-corrected chi connectivity index (χ3v) is 4.10. The van der Waals surface area contributed by atoms with Gasteiger partial charge in [-0.1, -0.05) is 41.9 Å². The molecule has 0 spiro atoms. The summed E-state index contributed by atoms with van der Waals surface area (Å²) < 4.78 is 0. The molecule has 1 heterocycles. The molecule has 2 aromatic carbocycles. The van der Waals surface area contributed by atoms with Crippen LogP contribution in [0.25, 0.3) is 0 Å². The van der Waals surface area contributed by atoms with Crippen molar-refractivity contribution in [3.05, 3.63) is 64.7 Å². The summed E-state index contributed by atoms with van der Waals surface area (Å²) in [6.45, 7) is 2.72. The Morgan fingerprint density at radius 2 is 1.92 bits per heavy atom. The van der Waals surface area contributed by atoms with Crippen LogP contribution >= 0.6 is 11.6 Å². The number of hydrogen-bond acceptors (Lipinski definition) is 3. The van der Waals surface area contributed by atoms with Gasteiger partial charge in [0.25, 0.3) is 0 Å². The number of benzodiazepines with no additional fused rings is 1. The fraction of sp³-hybridized carbons (Fsp3) is 0.263. The second kappa shape index (κ2) is 7.16. The average Bonchev–Trinajstić information content (AvgIpc) is 2.73. The van der Waals surface area contributed by atoms with Crippen LogP contribution < -0.4 is 5.32 Å². The van der Waals surface area contributed by atoms with Gasteiger partial charge in [-0.05, 0) is 39.2 Å². The van der Waals surface area contributed by atoms with Gasteiger partial charge < -0.3 is 5.32 Å². The van der Waals surface area contributed by atoms with Crippen molar-refractivity contribution in [2.75, 3.05) is 26.0 Å². The van der Waals surface area contributed by atoms with Gasteiger partial charge in [0.1, 0.15) is 5.84 Å². The van der Waals surface area contributed by atoms with Crippen molar-refractivity contribution in [2.24, 2.45) is 9.98 Å². The van der Waals surface area contributed by atoms with Crippen molar-refractivity contribution in [3.63, 3.8) is 0 Å². The third-order valence-electron chi connectivity index (χ3n) is 3.86. The maximum absolute atomic E-state index is 6.26. The largest absolute Gasteiger partial charge is 0.341 e. The standard InChI is InChI=1S/C19H21ClN4/c1-4-21-18-19(24(2)3)23-17(13-8-6-5-7-9-13)15-12-14(20)10-11-16(15)22-18/h5-12,19H,4H2,1-3H3,(H,21,22). The molecule has 1 aliphatic heterocycles.